The predicted molar refractivity (Wildman–Crippen MR) is 123 cm³/mol. The number of rotatable bonds is 4. The number of halogens is 1. The fourth-order valence-corrected chi connectivity index (χ4v) is 5.52. The van der Waals surface area contributed by atoms with Crippen LogP contribution in [0.4, 0.5) is 10.1 Å². The van der Waals surface area contributed by atoms with Gasteiger partial charge in [-0.15, -0.1) is 0 Å². The third-order valence-electron chi connectivity index (χ3n) is 6.07. The summed E-state index contributed by atoms with van der Waals surface area (Å²) in [4.78, 5) is 27.2. The molecule has 0 aromatic heterocycles. The van der Waals surface area contributed by atoms with Gasteiger partial charge in [-0.05, 0) is 48.5 Å². The second-order valence-electron chi connectivity index (χ2n) is 8.50. The lowest BCUT2D eigenvalue weighted by atomic mass is 9.89. The van der Waals surface area contributed by atoms with E-state index in [9.17, 15) is 22.4 Å². The molecule has 1 spiro atoms. The van der Waals surface area contributed by atoms with Gasteiger partial charge in [0.1, 0.15) is 17.2 Å². The summed E-state index contributed by atoms with van der Waals surface area (Å²) in [6, 6.07) is 17.9. The summed E-state index contributed by atoms with van der Waals surface area (Å²) < 4.78 is 47.2. The number of Topliss-reactive ketones (excluding diaryl/α,β-unsaturated/α-hetero) is 1. The zero-order valence-corrected chi connectivity index (χ0v) is 18.8. The fraction of sp³-hybridized carbons (Fsp3) is 0.200. The van der Waals surface area contributed by atoms with Gasteiger partial charge in [0, 0.05) is 24.2 Å². The summed E-state index contributed by atoms with van der Waals surface area (Å²) in [5.74, 6) is -0.439. The standard InChI is InChI=1S/C25H21FN2O5S/c26-18-6-4-8-20(14-18)34(31,32)27-19-7-3-5-17(13-19)24(30)28-12-11-25(16-28)15-22(29)21-9-1-2-10-23(21)33-25/h1-10,13-14,27H,11-12,15-16H2. The van der Waals surface area contributed by atoms with Gasteiger partial charge in [-0.1, -0.05) is 24.3 Å². The Bertz CT molecular complexity index is 1410. The molecule has 3 aromatic carbocycles. The number of ether oxygens (including phenoxy) is 1. The first kappa shape index (κ1) is 22.1. The number of hydrogen-bond donors (Lipinski definition) is 1. The van der Waals surface area contributed by atoms with Crippen molar-refractivity contribution in [2.45, 2.75) is 23.3 Å². The highest BCUT2D eigenvalue weighted by molar-refractivity contribution is 7.92. The van der Waals surface area contributed by atoms with E-state index in [1.54, 1.807) is 41.3 Å². The summed E-state index contributed by atoms with van der Waals surface area (Å²) in [6.07, 6.45) is 0.714. The second-order valence-corrected chi connectivity index (χ2v) is 10.2. The molecule has 1 amide bonds. The van der Waals surface area contributed by atoms with E-state index in [0.29, 0.717) is 29.8 Å². The normalized spacial score (nSPS) is 19.6. The Labute approximate surface area is 196 Å². The van der Waals surface area contributed by atoms with Crippen LogP contribution in [0.5, 0.6) is 5.75 Å². The van der Waals surface area contributed by atoms with Crippen LogP contribution >= 0.6 is 0 Å². The highest BCUT2D eigenvalue weighted by Crippen LogP contribution is 2.39. The minimum atomic E-state index is -4.03. The van der Waals surface area contributed by atoms with Gasteiger partial charge in [0.2, 0.25) is 0 Å². The van der Waals surface area contributed by atoms with Crippen molar-refractivity contribution in [2.75, 3.05) is 17.8 Å². The summed E-state index contributed by atoms with van der Waals surface area (Å²) >= 11 is 0. The molecule has 1 unspecified atom stereocenters. The number of para-hydroxylation sites is 1. The molecular weight excluding hydrogens is 459 g/mol. The maximum atomic E-state index is 13.5. The van der Waals surface area contributed by atoms with Crippen molar-refractivity contribution < 1.29 is 27.1 Å². The first-order chi connectivity index (χ1) is 16.2. The van der Waals surface area contributed by atoms with Crippen molar-refractivity contribution >= 4 is 27.4 Å². The van der Waals surface area contributed by atoms with Gasteiger partial charge in [0.25, 0.3) is 15.9 Å². The highest BCUT2D eigenvalue weighted by atomic mass is 32.2. The van der Waals surface area contributed by atoms with Crippen molar-refractivity contribution in [1.29, 1.82) is 0 Å². The van der Waals surface area contributed by atoms with Crippen LogP contribution < -0.4 is 9.46 Å². The molecule has 1 fully saturated rings. The van der Waals surface area contributed by atoms with Gasteiger partial charge < -0.3 is 9.64 Å². The lowest BCUT2D eigenvalue weighted by Crippen LogP contribution is -2.45. The van der Waals surface area contributed by atoms with Gasteiger partial charge in [-0.25, -0.2) is 12.8 Å². The first-order valence-corrected chi connectivity index (χ1v) is 12.2. The fourth-order valence-electron chi connectivity index (χ4n) is 4.44. The van der Waals surface area contributed by atoms with Crippen LogP contribution in [0.1, 0.15) is 33.6 Å². The molecule has 0 bridgehead atoms. The van der Waals surface area contributed by atoms with E-state index < -0.39 is 21.4 Å². The molecule has 3 aromatic rings. The molecular formula is C25H21FN2O5S. The Morgan fingerprint density at radius 1 is 1.03 bits per heavy atom. The van der Waals surface area contributed by atoms with Crippen molar-refractivity contribution in [2.24, 2.45) is 0 Å². The molecule has 2 aliphatic heterocycles. The number of sulfonamides is 1. The molecule has 174 valence electrons. The van der Waals surface area contributed by atoms with Crippen molar-refractivity contribution in [3.05, 3.63) is 89.7 Å². The quantitative estimate of drug-likeness (QED) is 0.612. The monoisotopic (exact) mass is 480 g/mol. The molecule has 5 rings (SSSR count). The third-order valence-corrected chi connectivity index (χ3v) is 7.45. The molecule has 0 radical (unpaired) electrons. The van der Waals surface area contributed by atoms with Gasteiger partial charge in [-0.2, -0.15) is 0 Å². The van der Waals surface area contributed by atoms with Crippen LogP contribution in [-0.4, -0.2) is 43.7 Å². The van der Waals surface area contributed by atoms with Gasteiger partial charge in [0.05, 0.1) is 23.4 Å². The van der Waals surface area contributed by atoms with E-state index in [0.717, 1.165) is 12.1 Å². The van der Waals surface area contributed by atoms with E-state index in [1.807, 2.05) is 0 Å². The number of anilines is 1. The van der Waals surface area contributed by atoms with Gasteiger partial charge >= 0.3 is 0 Å². The minimum absolute atomic E-state index is 0.00935. The van der Waals surface area contributed by atoms with Crippen molar-refractivity contribution in [1.82, 2.24) is 4.90 Å². The Hall–Kier alpha value is -3.72. The van der Waals surface area contributed by atoms with Crippen LogP contribution in [0, 0.1) is 5.82 Å². The molecule has 9 heteroatoms. The number of fused-ring (bicyclic) bond motifs is 1. The van der Waals surface area contributed by atoms with Crippen LogP contribution in [0.3, 0.4) is 0 Å². The number of carbonyl (C=O) groups is 2. The Balaban J connectivity index is 1.33. The molecule has 2 aliphatic rings. The summed E-state index contributed by atoms with van der Waals surface area (Å²) in [5.41, 5.74) is 0.259. The number of ketones is 1. The van der Waals surface area contributed by atoms with Gasteiger partial charge in [0.15, 0.2) is 5.78 Å². The third kappa shape index (κ3) is 4.14. The average Bonchev–Trinajstić information content (AvgIpc) is 3.21. The number of benzene rings is 3. The molecule has 2 heterocycles. The zero-order valence-electron chi connectivity index (χ0n) is 18.0. The molecule has 1 N–H and O–H groups in total. The lowest BCUT2D eigenvalue weighted by molar-refractivity contribution is 0.0428. The van der Waals surface area contributed by atoms with E-state index in [4.69, 9.17) is 4.74 Å². The summed E-state index contributed by atoms with van der Waals surface area (Å²) in [7, 11) is -4.03. The number of nitrogens with one attached hydrogen (secondary N) is 1. The number of hydrogen-bond acceptors (Lipinski definition) is 5. The highest BCUT2D eigenvalue weighted by Gasteiger charge is 2.47. The molecule has 1 saturated heterocycles. The number of likely N-dealkylation sites (tertiary alicyclic amines) is 1. The van der Waals surface area contributed by atoms with E-state index in [-0.39, 0.29) is 35.2 Å². The van der Waals surface area contributed by atoms with E-state index >= 15 is 0 Å². The van der Waals surface area contributed by atoms with E-state index in [1.165, 1.54) is 24.3 Å². The minimum Gasteiger partial charge on any atom is -0.484 e. The van der Waals surface area contributed by atoms with Crippen molar-refractivity contribution in [3.8, 4) is 5.75 Å². The molecule has 1 atom stereocenters. The Morgan fingerprint density at radius 3 is 2.65 bits per heavy atom. The maximum absolute atomic E-state index is 13.5. The van der Waals surface area contributed by atoms with Crippen LogP contribution in [0.2, 0.25) is 0 Å². The largest absolute Gasteiger partial charge is 0.484 e. The average molecular weight is 481 g/mol. The smallest absolute Gasteiger partial charge is 0.261 e. The number of amides is 1. The summed E-state index contributed by atoms with van der Waals surface area (Å²) in [6.45, 7) is 0.665. The predicted octanol–water partition coefficient (Wildman–Crippen LogP) is 3.88. The van der Waals surface area contributed by atoms with Crippen LogP contribution in [-0.2, 0) is 10.0 Å². The molecule has 0 saturated carbocycles. The zero-order chi connectivity index (χ0) is 23.9. The molecule has 7 nitrogen and oxygen atoms in total. The summed E-state index contributed by atoms with van der Waals surface area (Å²) in [5, 5.41) is 0. The van der Waals surface area contributed by atoms with Crippen LogP contribution in [0.25, 0.3) is 0 Å². The van der Waals surface area contributed by atoms with Gasteiger partial charge in [-0.3, -0.25) is 14.3 Å². The maximum Gasteiger partial charge on any atom is 0.261 e. The van der Waals surface area contributed by atoms with E-state index in [2.05, 4.69) is 4.72 Å². The number of carbonyl (C=O) groups excluding carboxylic acids is 2. The lowest BCUT2D eigenvalue weighted by Gasteiger charge is -2.34. The second kappa shape index (κ2) is 8.25. The molecule has 34 heavy (non-hydrogen) atoms. The molecule has 0 aliphatic carbocycles. The Kier molecular flexibility index (Phi) is 5.36. The topological polar surface area (TPSA) is 92.8 Å². The first-order valence-electron chi connectivity index (χ1n) is 10.7. The Morgan fingerprint density at radius 2 is 1.82 bits per heavy atom. The van der Waals surface area contributed by atoms with Crippen molar-refractivity contribution in [3.63, 3.8) is 0 Å². The SMILES string of the molecule is O=C1CC2(CCN(C(=O)c3cccc(NS(=O)(=O)c4cccc(F)c4)c3)C2)Oc2ccccc21. The van der Waals surface area contributed by atoms with Crippen LogP contribution in [0.15, 0.2) is 77.7 Å². The number of nitrogens with zero attached hydrogens (tertiary/aromatic N) is 1.